The number of amides is 2. The summed E-state index contributed by atoms with van der Waals surface area (Å²) in [5.41, 5.74) is 1.68. The van der Waals surface area contributed by atoms with Crippen LogP contribution in [0.2, 0.25) is 0 Å². The van der Waals surface area contributed by atoms with Gasteiger partial charge in [0, 0.05) is 44.5 Å². The van der Waals surface area contributed by atoms with Crippen molar-refractivity contribution in [2.45, 2.75) is 33.2 Å². The van der Waals surface area contributed by atoms with E-state index in [2.05, 4.69) is 22.1 Å². The van der Waals surface area contributed by atoms with E-state index in [1.807, 2.05) is 30.9 Å². The van der Waals surface area contributed by atoms with Crippen LogP contribution in [0.5, 0.6) is 0 Å². The number of aromatic nitrogens is 1. The molecular weight excluding hydrogens is 292 g/mol. The lowest BCUT2D eigenvalue weighted by Crippen LogP contribution is -2.56. The second-order valence-corrected chi connectivity index (χ2v) is 5.86. The van der Waals surface area contributed by atoms with Crippen LogP contribution in [0.25, 0.3) is 0 Å². The Kier molecular flexibility index (Phi) is 6.80. The molecule has 2 heterocycles. The lowest BCUT2D eigenvalue weighted by molar-refractivity contribution is 0.0545. The van der Waals surface area contributed by atoms with Crippen molar-refractivity contribution in [3.8, 4) is 0 Å². The summed E-state index contributed by atoms with van der Waals surface area (Å²) in [6.07, 6.45) is 2.73. The molecule has 2 amide bonds. The third kappa shape index (κ3) is 5.18. The first kappa shape index (κ1) is 17.7. The third-order valence-electron chi connectivity index (χ3n) is 4.25. The molecule has 1 aliphatic heterocycles. The monoisotopic (exact) mass is 320 g/mol. The molecule has 1 N–H and O–H groups in total. The number of aryl methyl sites for hydroxylation is 1. The van der Waals surface area contributed by atoms with Crippen molar-refractivity contribution in [3.63, 3.8) is 0 Å². The Hall–Kier alpha value is -1.66. The Morgan fingerprint density at radius 2 is 2.22 bits per heavy atom. The zero-order valence-corrected chi connectivity index (χ0v) is 14.4. The number of hydrogen-bond acceptors (Lipinski definition) is 4. The zero-order chi connectivity index (χ0) is 16.7. The number of ether oxygens (including phenoxy) is 1. The van der Waals surface area contributed by atoms with Crippen LogP contribution in [-0.2, 0) is 4.74 Å². The van der Waals surface area contributed by atoms with Gasteiger partial charge in [-0.25, -0.2) is 4.79 Å². The van der Waals surface area contributed by atoms with E-state index in [0.717, 1.165) is 57.2 Å². The number of anilines is 1. The predicted molar refractivity (Wildman–Crippen MR) is 91.7 cm³/mol. The van der Waals surface area contributed by atoms with Gasteiger partial charge in [-0.1, -0.05) is 6.92 Å². The summed E-state index contributed by atoms with van der Waals surface area (Å²) in [4.78, 5) is 20.9. The number of piperazine rings is 1. The highest BCUT2D eigenvalue weighted by Crippen LogP contribution is 2.14. The van der Waals surface area contributed by atoms with Gasteiger partial charge in [-0.2, -0.15) is 0 Å². The number of urea groups is 1. The standard InChI is InChI=1S/C17H28N4O2/c1-4-16-13-21(9-8-20(16)10-11-23-5-2)17(22)19-15-7-6-14(3)18-12-15/h6-7,12,16H,4-5,8-11,13H2,1-3H3,(H,19,22)/t16-/m0/s1. The number of rotatable bonds is 6. The van der Waals surface area contributed by atoms with Crippen LogP contribution in [0.15, 0.2) is 18.3 Å². The van der Waals surface area contributed by atoms with E-state index in [9.17, 15) is 4.79 Å². The molecule has 0 aromatic carbocycles. The maximum Gasteiger partial charge on any atom is 0.321 e. The van der Waals surface area contributed by atoms with Gasteiger partial charge in [0.25, 0.3) is 0 Å². The number of nitrogens with one attached hydrogen (secondary N) is 1. The second kappa shape index (κ2) is 8.84. The van der Waals surface area contributed by atoms with Gasteiger partial charge in [0.05, 0.1) is 18.5 Å². The predicted octanol–water partition coefficient (Wildman–Crippen LogP) is 2.35. The minimum absolute atomic E-state index is 0.0430. The Bertz CT molecular complexity index is 492. The maximum atomic E-state index is 12.4. The van der Waals surface area contributed by atoms with Gasteiger partial charge in [-0.05, 0) is 32.4 Å². The fourth-order valence-corrected chi connectivity index (χ4v) is 2.83. The van der Waals surface area contributed by atoms with Crippen LogP contribution in [0, 0.1) is 6.92 Å². The SMILES string of the molecule is CCOCCN1CCN(C(=O)Nc2ccc(C)nc2)C[C@@H]1CC. The van der Waals surface area contributed by atoms with Crippen molar-refractivity contribution in [2.75, 3.05) is 44.7 Å². The third-order valence-corrected chi connectivity index (χ3v) is 4.25. The highest BCUT2D eigenvalue weighted by Gasteiger charge is 2.28. The molecule has 2 rings (SSSR count). The Labute approximate surface area is 138 Å². The summed E-state index contributed by atoms with van der Waals surface area (Å²) in [5.74, 6) is 0. The average molecular weight is 320 g/mol. The van der Waals surface area contributed by atoms with Crippen LogP contribution in [-0.4, -0.2) is 66.2 Å². The van der Waals surface area contributed by atoms with Gasteiger partial charge in [-0.15, -0.1) is 0 Å². The molecule has 1 saturated heterocycles. The number of pyridine rings is 1. The van der Waals surface area contributed by atoms with Crippen molar-refractivity contribution in [3.05, 3.63) is 24.0 Å². The molecular formula is C17H28N4O2. The van der Waals surface area contributed by atoms with Crippen molar-refractivity contribution in [1.29, 1.82) is 0 Å². The van der Waals surface area contributed by atoms with Gasteiger partial charge in [0.1, 0.15) is 0 Å². The molecule has 0 saturated carbocycles. The van der Waals surface area contributed by atoms with Crippen molar-refractivity contribution >= 4 is 11.7 Å². The van der Waals surface area contributed by atoms with Crippen molar-refractivity contribution < 1.29 is 9.53 Å². The van der Waals surface area contributed by atoms with E-state index in [0.29, 0.717) is 6.04 Å². The van der Waals surface area contributed by atoms with Crippen LogP contribution in [0.1, 0.15) is 26.0 Å². The fraction of sp³-hybridized carbons (Fsp3) is 0.647. The summed E-state index contributed by atoms with van der Waals surface area (Å²) >= 11 is 0. The number of carbonyl (C=O) groups is 1. The van der Waals surface area contributed by atoms with E-state index < -0.39 is 0 Å². The Morgan fingerprint density at radius 1 is 1.39 bits per heavy atom. The van der Waals surface area contributed by atoms with Gasteiger partial charge >= 0.3 is 6.03 Å². The zero-order valence-electron chi connectivity index (χ0n) is 14.4. The Morgan fingerprint density at radius 3 is 2.87 bits per heavy atom. The van der Waals surface area contributed by atoms with E-state index in [1.165, 1.54) is 0 Å². The molecule has 1 aromatic heterocycles. The van der Waals surface area contributed by atoms with E-state index in [-0.39, 0.29) is 6.03 Å². The van der Waals surface area contributed by atoms with Crippen molar-refractivity contribution in [1.82, 2.24) is 14.8 Å². The molecule has 0 radical (unpaired) electrons. The Balaban J connectivity index is 1.86. The topological polar surface area (TPSA) is 57.7 Å². The van der Waals surface area contributed by atoms with Gasteiger partial charge in [0.15, 0.2) is 0 Å². The fourth-order valence-electron chi connectivity index (χ4n) is 2.83. The van der Waals surface area contributed by atoms with Crippen LogP contribution >= 0.6 is 0 Å². The summed E-state index contributed by atoms with van der Waals surface area (Å²) in [6, 6.07) is 4.14. The quantitative estimate of drug-likeness (QED) is 0.818. The molecule has 0 aliphatic carbocycles. The first-order chi connectivity index (χ1) is 11.1. The van der Waals surface area contributed by atoms with E-state index >= 15 is 0 Å². The first-order valence-electron chi connectivity index (χ1n) is 8.44. The highest BCUT2D eigenvalue weighted by atomic mass is 16.5. The number of nitrogens with zero attached hydrogens (tertiary/aromatic N) is 3. The smallest absolute Gasteiger partial charge is 0.321 e. The highest BCUT2D eigenvalue weighted by molar-refractivity contribution is 5.89. The molecule has 23 heavy (non-hydrogen) atoms. The molecule has 0 spiro atoms. The van der Waals surface area contributed by atoms with E-state index in [1.54, 1.807) is 6.20 Å². The molecule has 128 valence electrons. The lowest BCUT2D eigenvalue weighted by Gasteiger charge is -2.41. The largest absolute Gasteiger partial charge is 0.380 e. The van der Waals surface area contributed by atoms with Crippen LogP contribution < -0.4 is 5.32 Å². The molecule has 6 heteroatoms. The maximum absolute atomic E-state index is 12.4. The summed E-state index contributed by atoms with van der Waals surface area (Å²) in [7, 11) is 0. The molecule has 1 aromatic rings. The molecule has 1 fully saturated rings. The lowest BCUT2D eigenvalue weighted by atomic mass is 10.1. The molecule has 6 nitrogen and oxygen atoms in total. The average Bonchev–Trinajstić information content (AvgIpc) is 2.57. The summed E-state index contributed by atoms with van der Waals surface area (Å²) in [5, 5.41) is 2.93. The molecule has 1 atom stereocenters. The van der Waals surface area contributed by atoms with Gasteiger partial charge in [-0.3, -0.25) is 9.88 Å². The molecule has 0 unspecified atom stereocenters. The van der Waals surface area contributed by atoms with E-state index in [4.69, 9.17) is 4.74 Å². The summed E-state index contributed by atoms with van der Waals surface area (Å²) in [6.45, 7) is 11.0. The minimum atomic E-state index is -0.0430. The number of hydrogen-bond donors (Lipinski definition) is 1. The van der Waals surface area contributed by atoms with Gasteiger partial charge in [0.2, 0.25) is 0 Å². The first-order valence-corrected chi connectivity index (χ1v) is 8.44. The van der Waals surface area contributed by atoms with Crippen LogP contribution in [0.4, 0.5) is 10.5 Å². The normalized spacial score (nSPS) is 18.9. The number of carbonyl (C=O) groups excluding carboxylic acids is 1. The van der Waals surface area contributed by atoms with Gasteiger partial charge < -0.3 is 15.0 Å². The minimum Gasteiger partial charge on any atom is -0.380 e. The second-order valence-electron chi connectivity index (χ2n) is 5.86. The van der Waals surface area contributed by atoms with Crippen LogP contribution in [0.3, 0.4) is 0 Å². The molecule has 0 bridgehead atoms. The summed E-state index contributed by atoms with van der Waals surface area (Å²) < 4.78 is 5.45. The van der Waals surface area contributed by atoms with Crippen molar-refractivity contribution in [2.24, 2.45) is 0 Å². The molecule has 1 aliphatic rings.